The molecular formula is C13H9Cl2NO2. The van der Waals surface area contributed by atoms with E-state index in [1.165, 1.54) is 6.21 Å². The van der Waals surface area contributed by atoms with Crippen LogP contribution in [0.25, 0.3) is 11.1 Å². The summed E-state index contributed by atoms with van der Waals surface area (Å²) in [6.07, 6.45) is 1.22. The van der Waals surface area contributed by atoms with Crippen LogP contribution in [0.5, 0.6) is 5.75 Å². The minimum Gasteiger partial charge on any atom is -0.508 e. The summed E-state index contributed by atoms with van der Waals surface area (Å²) in [7, 11) is 0. The average molecular weight is 282 g/mol. The summed E-state index contributed by atoms with van der Waals surface area (Å²) in [5.74, 6) is 0.185. The largest absolute Gasteiger partial charge is 0.508 e. The zero-order valence-corrected chi connectivity index (χ0v) is 10.7. The molecule has 5 heteroatoms. The van der Waals surface area contributed by atoms with Crippen LogP contribution in [-0.2, 0) is 0 Å². The number of benzene rings is 2. The Hall–Kier alpha value is -1.71. The molecule has 2 aromatic rings. The van der Waals surface area contributed by atoms with Crippen LogP contribution in [0.2, 0.25) is 10.0 Å². The van der Waals surface area contributed by atoms with E-state index in [-0.39, 0.29) is 5.75 Å². The van der Waals surface area contributed by atoms with E-state index in [2.05, 4.69) is 5.16 Å². The van der Waals surface area contributed by atoms with Gasteiger partial charge in [0.1, 0.15) is 5.75 Å². The lowest BCUT2D eigenvalue weighted by Crippen LogP contribution is -1.87. The van der Waals surface area contributed by atoms with E-state index in [0.717, 1.165) is 11.1 Å². The molecule has 0 bridgehead atoms. The Morgan fingerprint density at radius 1 is 0.944 bits per heavy atom. The van der Waals surface area contributed by atoms with Gasteiger partial charge in [-0.25, -0.2) is 0 Å². The number of phenolic OH excluding ortho intramolecular Hbond substituents is 1. The number of aromatic hydroxyl groups is 1. The van der Waals surface area contributed by atoms with Crippen LogP contribution in [0, 0.1) is 0 Å². The van der Waals surface area contributed by atoms with Crippen molar-refractivity contribution in [3.8, 4) is 16.9 Å². The van der Waals surface area contributed by atoms with Crippen molar-refractivity contribution < 1.29 is 10.3 Å². The zero-order chi connectivity index (χ0) is 13.1. The molecule has 2 rings (SSSR count). The molecule has 0 saturated carbocycles. The molecule has 0 spiro atoms. The average Bonchev–Trinajstić information content (AvgIpc) is 2.37. The molecule has 18 heavy (non-hydrogen) atoms. The van der Waals surface area contributed by atoms with Gasteiger partial charge < -0.3 is 10.3 Å². The van der Waals surface area contributed by atoms with Crippen LogP contribution in [0.3, 0.4) is 0 Å². The molecule has 0 aliphatic carbocycles. The normalized spacial score (nSPS) is 11.0. The van der Waals surface area contributed by atoms with Gasteiger partial charge >= 0.3 is 0 Å². The third-order valence-electron chi connectivity index (χ3n) is 2.49. The second kappa shape index (κ2) is 5.29. The molecule has 0 aliphatic heterocycles. The predicted molar refractivity (Wildman–Crippen MR) is 72.9 cm³/mol. The molecule has 0 amide bonds. The molecule has 0 atom stereocenters. The fourth-order valence-electron chi connectivity index (χ4n) is 1.59. The van der Waals surface area contributed by atoms with Crippen LogP contribution in [0.4, 0.5) is 0 Å². The first kappa shape index (κ1) is 12.7. The lowest BCUT2D eigenvalue weighted by molar-refractivity contribution is 0.322. The van der Waals surface area contributed by atoms with Crippen molar-refractivity contribution in [2.24, 2.45) is 5.16 Å². The maximum atomic E-state index is 9.24. The number of hydrogen-bond acceptors (Lipinski definition) is 3. The van der Waals surface area contributed by atoms with Crippen LogP contribution in [0.15, 0.2) is 41.6 Å². The highest BCUT2D eigenvalue weighted by Crippen LogP contribution is 2.35. The Balaban J connectivity index is 2.53. The van der Waals surface area contributed by atoms with Crippen molar-refractivity contribution in [1.29, 1.82) is 0 Å². The minimum absolute atomic E-state index is 0.185. The van der Waals surface area contributed by atoms with Crippen molar-refractivity contribution in [3.63, 3.8) is 0 Å². The van der Waals surface area contributed by atoms with Gasteiger partial charge in [-0.3, -0.25) is 0 Å². The molecule has 2 N–H and O–H groups in total. The Kier molecular flexibility index (Phi) is 3.75. The van der Waals surface area contributed by atoms with Crippen LogP contribution in [-0.4, -0.2) is 16.5 Å². The van der Waals surface area contributed by atoms with Crippen molar-refractivity contribution in [1.82, 2.24) is 0 Å². The number of hydrogen-bond donors (Lipinski definition) is 2. The lowest BCUT2D eigenvalue weighted by Gasteiger charge is -2.08. The molecule has 92 valence electrons. The molecule has 0 aromatic heterocycles. The summed E-state index contributed by atoms with van der Waals surface area (Å²) in [5, 5.41) is 21.3. The van der Waals surface area contributed by atoms with E-state index in [9.17, 15) is 5.11 Å². The quantitative estimate of drug-likeness (QED) is 0.493. The number of rotatable bonds is 2. The van der Waals surface area contributed by atoms with Gasteiger partial charge in [0.25, 0.3) is 0 Å². The van der Waals surface area contributed by atoms with E-state index in [1.54, 1.807) is 36.4 Å². The zero-order valence-electron chi connectivity index (χ0n) is 9.14. The monoisotopic (exact) mass is 281 g/mol. The van der Waals surface area contributed by atoms with Crippen molar-refractivity contribution in [2.75, 3.05) is 0 Å². The fourth-order valence-corrected chi connectivity index (χ4v) is 2.09. The highest BCUT2D eigenvalue weighted by atomic mass is 35.5. The maximum Gasteiger partial charge on any atom is 0.115 e. The van der Waals surface area contributed by atoms with E-state index in [0.29, 0.717) is 15.6 Å². The third kappa shape index (κ3) is 2.42. The van der Waals surface area contributed by atoms with Gasteiger partial charge in [0.15, 0.2) is 0 Å². The first-order chi connectivity index (χ1) is 8.63. The topological polar surface area (TPSA) is 52.8 Å². The molecular weight excluding hydrogens is 273 g/mol. The summed E-state index contributed by atoms with van der Waals surface area (Å²) >= 11 is 12.2. The first-order valence-corrected chi connectivity index (χ1v) is 5.84. The van der Waals surface area contributed by atoms with Crippen molar-refractivity contribution in [2.45, 2.75) is 0 Å². The van der Waals surface area contributed by atoms with Gasteiger partial charge in [0.2, 0.25) is 0 Å². The summed E-state index contributed by atoms with van der Waals surface area (Å²) in [5.41, 5.74) is 2.12. The van der Waals surface area contributed by atoms with E-state index in [1.807, 2.05) is 0 Å². The minimum atomic E-state index is 0.185. The predicted octanol–water partition coefficient (Wildman–Crippen LogP) is 4.17. The SMILES string of the molecule is ON=Cc1ccc(-c2ccc(O)cc2)c(Cl)c1Cl. The number of halogens is 2. The van der Waals surface area contributed by atoms with Gasteiger partial charge in [-0.1, -0.05) is 52.6 Å². The Bertz CT molecular complexity index is 595. The van der Waals surface area contributed by atoms with Gasteiger partial charge in [0.05, 0.1) is 16.3 Å². The van der Waals surface area contributed by atoms with Gasteiger partial charge in [-0.05, 0) is 17.7 Å². The summed E-state index contributed by atoms with van der Waals surface area (Å²) in [6.45, 7) is 0. The molecule has 0 unspecified atom stereocenters. The standard InChI is InChI=1S/C13H9Cl2NO2/c14-12-9(7-16-18)3-6-11(13(12)15)8-1-4-10(17)5-2-8/h1-7,17-18H. The maximum absolute atomic E-state index is 9.24. The van der Waals surface area contributed by atoms with Crippen LogP contribution < -0.4 is 0 Å². The highest BCUT2D eigenvalue weighted by molar-refractivity contribution is 6.45. The van der Waals surface area contributed by atoms with E-state index in [4.69, 9.17) is 28.4 Å². The van der Waals surface area contributed by atoms with E-state index < -0.39 is 0 Å². The number of oxime groups is 1. The molecule has 3 nitrogen and oxygen atoms in total. The second-order valence-electron chi connectivity index (χ2n) is 3.62. The van der Waals surface area contributed by atoms with Gasteiger partial charge in [0, 0.05) is 11.1 Å². The molecule has 0 aliphatic rings. The highest BCUT2D eigenvalue weighted by Gasteiger charge is 2.10. The van der Waals surface area contributed by atoms with Gasteiger partial charge in [-0.2, -0.15) is 0 Å². The molecule has 0 saturated heterocycles. The van der Waals surface area contributed by atoms with Crippen LogP contribution >= 0.6 is 23.2 Å². The summed E-state index contributed by atoms with van der Waals surface area (Å²) in [4.78, 5) is 0. The summed E-state index contributed by atoms with van der Waals surface area (Å²) in [6, 6.07) is 10.1. The second-order valence-corrected chi connectivity index (χ2v) is 4.38. The lowest BCUT2D eigenvalue weighted by atomic mass is 10.0. The first-order valence-electron chi connectivity index (χ1n) is 5.08. The number of phenols is 1. The third-order valence-corrected chi connectivity index (χ3v) is 3.38. The summed E-state index contributed by atoms with van der Waals surface area (Å²) < 4.78 is 0. The van der Waals surface area contributed by atoms with E-state index >= 15 is 0 Å². The number of nitrogens with zero attached hydrogens (tertiary/aromatic N) is 1. The van der Waals surface area contributed by atoms with Crippen molar-refractivity contribution in [3.05, 3.63) is 52.0 Å². The Morgan fingerprint density at radius 2 is 1.61 bits per heavy atom. The molecule has 0 fully saturated rings. The molecule has 2 aromatic carbocycles. The smallest absolute Gasteiger partial charge is 0.115 e. The molecule has 0 heterocycles. The fraction of sp³-hybridized carbons (Fsp3) is 0. The van der Waals surface area contributed by atoms with Crippen molar-refractivity contribution >= 4 is 29.4 Å². The molecule has 0 radical (unpaired) electrons. The Morgan fingerprint density at radius 3 is 2.22 bits per heavy atom. The van der Waals surface area contributed by atoms with Crippen LogP contribution in [0.1, 0.15) is 5.56 Å². The Labute approximate surface area is 114 Å². The van der Waals surface area contributed by atoms with Gasteiger partial charge in [-0.15, -0.1) is 0 Å².